The van der Waals surface area contributed by atoms with Crippen molar-refractivity contribution in [3.63, 3.8) is 0 Å². The molecule has 3 aliphatic rings. The number of nitrogens with zero attached hydrogens (tertiary/aromatic N) is 5. The SMILES string of the molecule is COC[C@@H](C)Oc1nc(C(=O)N[C@H]2CCC[C@@H]2O)cc(N2CCC(C3=NCc4ncccc43)CC2)n1. The van der Waals surface area contributed by atoms with Crippen LogP contribution in [0.1, 0.15) is 60.8 Å². The summed E-state index contributed by atoms with van der Waals surface area (Å²) in [5.74, 6) is 0.710. The molecule has 1 saturated carbocycles. The Morgan fingerprint density at radius 2 is 2.08 bits per heavy atom. The van der Waals surface area contributed by atoms with Gasteiger partial charge in [-0.3, -0.25) is 14.8 Å². The van der Waals surface area contributed by atoms with Crippen molar-refractivity contribution in [3.8, 4) is 6.01 Å². The zero-order valence-electron chi connectivity index (χ0n) is 20.9. The first kappa shape index (κ1) is 24.6. The highest BCUT2D eigenvalue weighted by Crippen LogP contribution is 2.30. The van der Waals surface area contributed by atoms with E-state index in [0.717, 1.165) is 50.2 Å². The number of rotatable bonds is 8. The Hall–Kier alpha value is -3.11. The van der Waals surface area contributed by atoms with Crippen molar-refractivity contribution in [3.05, 3.63) is 41.3 Å². The van der Waals surface area contributed by atoms with Gasteiger partial charge < -0.3 is 24.8 Å². The van der Waals surface area contributed by atoms with Gasteiger partial charge in [-0.15, -0.1) is 0 Å². The molecule has 0 radical (unpaired) electrons. The summed E-state index contributed by atoms with van der Waals surface area (Å²) < 4.78 is 11.1. The van der Waals surface area contributed by atoms with Gasteiger partial charge in [0.1, 0.15) is 17.6 Å². The molecule has 2 aromatic rings. The first-order valence-corrected chi connectivity index (χ1v) is 12.8. The van der Waals surface area contributed by atoms with Gasteiger partial charge in [0.15, 0.2) is 0 Å². The van der Waals surface area contributed by atoms with Crippen molar-refractivity contribution < 1.29 is 19.4 Å². The lowest BCUT2D eigenvalue weighted by atomic mass is 9.88. The van der Waals surface area contributed by atoms with E-state index in [-0.39, 0.29) is 29.8 Å². The molecule has 10 heteroatoms. The van der Waals surface area contributed by atoms with E-state index in [0.29, 0.717) is 31.3 Å². The Kier molecular flexibility index (Phi) is 7.43. The highest BCUT2D eigenvalue weighted by atomic mass is 16.5. The molecule has 1 amide bonds. The maximum atomic E-state index is 13.1. The van der Waals surface area contributed by atoms with Crippen LogP contribution in [0.4, 0.5) is 5.82 Å². The van der Waals surface area contributed by atoms with Crippen LogP contribution < -0.4 is 15.0 Å². The maximum absolute atomic E-state index is 13.1. The summed E-state index contributed by atoms with van der Waals surface area (Å²) in [6.45, 7) is 4.48. The average Bonchev–Trinajstić information content (AvgIpc) is 3.50. The van der Waals surface area contributed by atoms with Crippen LogP contribution in [0.15, 0.2) is 29.4 Å². The summed E-state index contributed by atoms with van der Waals surface area (Å²) in [6, 6.07) is 5.70. The molecule has 2 aromatic heterocycles. The number of aliphatic imine (C=N–C) groups is 1. The molecule has 3 atom stereocenters. The summed E-state index contributed by atoms with van der Waals surface area (Å²) in [5, 5.41) is 13.1. The van der Waals surface area contributed by atoms with Crippen molar-refractivity contribution in [2.75, 3.05) is 31.7 Å². The summed E-state index contributed by atoms with van der Waals surface area (Å²) in [7, 11) is 1.61. The van der Waals surface area contributed by atoms with E-state index in [1.54, 1.807) is 13.2 Å². The largest absolute Gasteiger partial charge is 0.458 e. The minimum Gasteiger partial charge on any atom is -0.458 e. The molecule has 36 heavy (non-hydrogen) atoms. The molecule has 10 nitrogen and oxygen atoms in total. The van der Waals surface area contributed by atoms with Crippen molar-refractivity contribution >= 4 is 17.4 Å². The van der Waals surface area contributed by atoms with Crippen LogP contribution in [0, 0.1) is 5.92 Å². The number of aromatic nitrogens is 3. The molecule has 1 aliphatic carbocycles. The minimum atomic E-state index is -0.523. The van der Waals surface area contributed by atoms with Gasteiger partial charge in [0.05, 0.1) is 31.0 Å². The molecule has 0 unspecified atom stereocenters. The van der Waals surface area contributed by atoms with Crippen LogP contribution in [-0.2, 0) is 11.3 Å². The fraction of sp³-hybridized carbons (Fsp3) is 0.577. The van der Waals surface area contributed by atoms with Gasteiger partial charge in [-0.1, -0.05) is 0 Å². The third-order valence-corrected chi connectivity index (χ3v) is 7.20. The number of nitrogens with one attached hydrogen (secondary N) is 1. The second-order valence-electron chi connectivity index (χ2n) is 9.82. The number of ether oxygens (including phenoxy) is 2. The monoisotopic (exact) mass is 494 g/mol. The van der Waals surface area contributed by atoms with Gasteiger partial charge in [-0.2, -0.15) is 9.97 Å². The number of carbonyl (C=O) groups is 1. The number of hydrogen-bond acceptors (Lipinski definition) is 9. The summed E-state index contributed by atoms with van der Waals surface area (Å²) in [6.07, 6.45) is 5.25. The Bertz CT molecular complexity index is 1120. The molecule has 4 heterocycles. The summed E-state index contributed by atoms with van der Waals surface area (Å²) >= 11 is 0. The average molecular weight is 495 g/mol. The number of amides is 1. The third kappa shape index (κ3) is 5.34. The number of fused-ring (bicyclic) bond motifs is 1. The van der Waals surface area contributed by atoms with E-state index in [2.05, 4.69) is 31.2 Å². The lowest BCUT2D eigenvalue weighted by molar-refractivity contribution is 0.0826. The van der Waals surface area contributed by atoms with Gasteiger partial charge >= 0.3 is 6.01 Å². The minimum absolute atomic E-state index is 0.150. The lowest BCUT2D eigenvalue weighted by Crippen LogP contribution is -2.40. The number of aliphatic hydroxyl groups excluding tert-OH is 1. The van der Waals surface area contributed by atoms with Crippen molar-refractivity contribution in [1.82, 2.24) is 20.3 Å². The van der Waals surface area contributed by atoms with Crippen LogP contribution in [0.25, 0.3) is 0 Å². The Balaban J connectivity index is 1.31. The molecule has 192 valence electrons. The first-order valence-electron chi connectivity index (χ1n) is 12.8. The molecule has 2 aliphatic heterocycles. The molecular weight excluding hydrogens is 460 g/mol. The summed E-state index contributed by atoms with van der Waals surface area (Å²) in [4.78, 5) is 33.5. The van der Waals surface area contributed by atoms with E-state index >= 15 is 0 Å². The number of methoxy groups -OCH3 is 1. The number of carbonyl (C=O) groups excluding carboxylic acids is 1. The van der Waals surface area contributed by atoms with E-state index in [1.807, 2.05) is 19.2 Å². The molecule has 2 N–H and O–H groups in total. The lowest BCUT2D eigenvalue weighted by Gasteiger charge is -2.33. The second kappa shape index (κ2) is 10.9. The zero-order chi connectivity index (χ0) is 25.1. The number of anilines is 1. The Morgan fingerprint density at radius 1 is 1.25 bits per heavy atom. The fourth-order valence-corrected chi connectivity index (χ4v) is 5.32. The predicted octanol–water partition coefficient (Wildman–Crippen LogP) is 2.15. The third-order valence-electron chi connectivity index (χ3n) is 7.20. The predicted molar refractivity (Wildman–Crippen MR) is 135 cm³/mol. The van der Waals surface area contributed by atoms with E-state index in [4.69, 9.17) is 14.5 Å². The zero-order valence-corrected chi connectivity index (χ0v) is 20.9. The second-order valence-corrected chi connectivity index (χ2v) is 9.82. The van der Waals surface area contributed by atoms with E-state index < -0.39 is 6.10 Å². The molecule has 5 rings (SSSR count). The van der Waals surface area contributed by atoms with Crippen molar-refractivity contribution in [1.29, 1.82) is 0 Å². The van der Waals surface area contributed by atoms with Gasteiger partial charge in [0.2, 0.25) is 0 Å². The van der Waals surface area contributed by atoms with Crippen LogP contribution in [-0.4, -0.2) is 76.7 Å². The van der Waals surface area contributed by atoms with Gasteiger partial charge in [-0.05, 0) is 51.2 Å². The van der Waals surface area contributed by atoms with E-state index in [9.17, 15) is 9.90 Å². The van der Waals surface area contributed by atoms with Crippen LogP contribution in [0.5, 0.6) is 6.01 Å². The van der Waals surface area contributed by atoms with Crippen molar-refractivity contribution in [2.24, 2.45) is 10.9 Å². The van der Waals surface area contributed by atoms with Crippen LogP contribution in [0.2, 0.25) is 0 Å². The summed E-state index contributed by atoms with van der Waals surface area (Å²) in [5.41, 5.74) is 3.63. The van der Waals surface area contributed by atoms with Gasteiger partial charge in [-0.25, -0.2) is 0 Å². The Morgan fingerprint density at radius 3 is 2.83 bits per heavy atom. The van der Waals surface area contributed by atoms with E-state index in [1.165, 1.54) is 5.56 Å². The molecular formula is C26H34N6O4. The number of piperidine rings is 1. The highest BCUT2D eigenvalue weighted by molar-refractivity contribution is 6.04. The standard InChI is InChI=1S/C26H34N6O4/c1-16(15-35-2)36-26-30-20(25(34)29-19-6-3-7-22(19)33)13-23(31-26)32-11-8-17(9-12-32)24-18-5-4-10-27-21(18)14-28-24/h4-5,10,13,16-17,19,22,33H,3,6-9,11-12,14-15H2,1-2H3,(H,29,34)/t16-,19+,22+/m1/s1. The van der Waals surface area contributed by atoms with Gasteiger partial charge in [0.25, 0.3) is 5.91 Å². The Labute approximate surface area is 211 Å². The number of pyridine rings is 1. The van der Waals surface area contributed by atoms with Crippen molar-refractivity contribution in [2.45, 2.75) is 63.8 Å². The normalized spacial score (nSPS) is 22.8. The molecule has 2 fully saturated rings. The molecule has 0 bridgehead atoms. The molecule has 0 spiro atoms. The number of hydrogen-bond donors (Lipinski definition) is 2. The topological polar surface area (TPSA) is 122 Å². The smallest absolute Gasteiger partial charge is 0.319 e. The van der Waals surface area contributed by atoms with Gasteiger partial charge in [0, 0.05) is 49.7 Å². The maximum Gasteiger partial charge on any atom is 0.319 e. The fourth-order valence-electron chi connectivity index (χ4n) is 5.32. The quantitative estimate of drug-likeness (QED) is 0.573. The molecule has 0 aromatic carbocycles. The van der Waals surface area contributed by atoms with Crippen LogP contribution >= 0.6 is 0 Å². The molecule has 1 saturated heterocycles. The van der Waals surface area contributed by atoms with Crippen LogP contribution in [0.3, 0.4) is 0 Å². The first-order chi connectivity index (χ1) is 17.5. The highest BCUT2D eigenvalue weighted by Gasteiger charge is 2.31. The number of aliphatic hydroxyl groups is 1.